The number of nitrogens with one attached hydrogen (secondary N) is 1. The SMILES string of the molecule is C[C@H](Cc1ccco1)NC(=O)CC[C@H]1CCCO1. The maximum absolute atomic E-state index is 11.7. The Morgan fingerprint density at radius 2 is 2.50 bits per heavy atom. The van der Waals surface area contributed by atoms with Crippen LogP contribution in [0.5, 0.6) is 0 Å². The average Bonchev–Trinajstić information content (AvgIpc) is 2.98. The molecular weight excluding hydrogens is 230 g/mol. The van der Waals surface area contributed by atoms with E-state index in [-0.39, 0.29) is 18.1 Å². The van der Waals surface area contributed by atoms with E-state index in [1.165, 1.54) is 0 Å². The van der Waals surface area contributed by atoms with Crippen LogP contribution in [-0.2, 0) is 16.0 Å². The van der Waals surface area contributed by atoms with Crippen LogP contribution in [0.15, 0.2) is 22.8 Å². The van der Waals surface area contributed by atoms with Crippen molar-refractivity contribution in [2.45, 2.75) is 51.2 Å². The smallest absolute Gasteiger partial charge is 0.220 e. The highest BCUT2D eigenvalue weighted by molar-refractivity contribution is 5.76. The van der Waals surface area contributed by atoms with Crippen LogP contribution in [0.25, 0.3) is 0 Å². The molecule has 0 radical (unpaired) electrons. The number of amides is 1. The summed E-state index contributed by atoms with van der Waals surface area (Å²) in [4.78, 5) is 11.7. The van der Waals surface area contributed by atoms with Crippen LogP contribution >= 0.6 is 0 Å². The van der Waals surface area contributed by atoms with E-state index < -0.39 is 0 Å². The fourth-order valence-corrected chi connectivity index (χ4v) is 2.29. The van der Waals surface area contributed by atoms with E-state index in [2.05, 4.69) is 5.32 Å². The molecule has 1 saturated heterocycles. The first-order valence-electron chi connectivity index (χ1n) is 6.67. The zero-order valence-electron chi connectivity index (χ0n) is 10.9. The highest BCUT2D eigenvalue weighted by Gasteiger charge is 2.17. The molecule has 18 heavy (non-hydrogen) atoms. The highest BCUT2D eigenvalue weighted by Crippen LogP contribution is 2.16. The fraction of sp³-hybridized carbons (Fsp3) is 0.643. The van der Waals surface area contributed by atoms with Crippen molar-refractivity contribution >= 4 is 5.91 Å². The lowest BCUT2D eigenvalue weighted by Gasteiger charge is -2.14. The number of carbonyl (C=O) groups is 1. The lowest BCUT2D eigenvalue weighted by atomic mass is 10.1. The molecule has 4 heteroatoms. The summed E-state index contributed by atoms with van der Waals surface area (Å²) in [6.07, 6.45) is 6.28. The average molecular weight is 251 g/mol. The van der Waals surface area contributed by atoms with Crippen molar-refractivity contribution in [1.82, 2.24) is 5.32 Å². The number of furan rings is 1. The Morgan fingerprint density at radius 3 is 3.17 bits per heavy atom. The summed E-state index contributed by atoms with van der Waals surface area (Å²) in [7, 11) is 0. The maximum Gasteiger partial charge on any atom is 0.220 e. The summed E-state index contributed by atoms with van der Waals surface area (Å²) >= 11 is 0. The molecule has 0 aliphatic carbocycles. The van der Waals surface area contributed by atoms with Gasteiger partial charge in [0.1, 0.15) is 5.76 Å². The summed E-state index contributed by atoms with van der Waals surface area (Å²) in [5.74, 6) is 1.01. The molecule has 1 fully saturated rings. The maximum atomic E-state index is 11.7. The van der Waals surface area contributed by atoms with Gasteiger partial charge in [0, 0.05) is 25.5 Å². The minimum atomic E-state index is 0.101. The van der Waals surface area contributed by atoms with E-state index in [0.717, 1.165) is 38.1 Å². The molecule has 1 aromatic rings. The van der Waals surface area contributed by atoms with Gasteiger partial charge in [-0.05, 0) is 38.3 Å². The topological polar surface area (TPSA) is 51.5 Å². The molecule has 0 bridgehead atoms. The molecule has 1 amide bonds. The van der Waals surface area contributed by atoms with Crippen LogP contribution in [0.3, 0.4) is 0 Å². The first kappa shape index (κ1) is 13.1. The zero-order valence-corrected chi connectivity index (χ0v) is 10.9. The van der Waals surface area contributed by atoms with Crippen LogP contribution < -0.4 is 5.32 Å². The number of ether oxygens (including phenoxy) is 1. The predicted octanol–water partition coefficient (Wildman–Crippen LogP) is 2.29. The van der Waals surface area contributed by atoms with Crippen LogP contribution in [0.2, 0.25) is 0 Å². The molecule has 1 aliphatic rings. The quantitative estimate of drug-likeness (QED) is 0.844. The van der Waals surface area contributed by atoms with Crippen molar-refractivity contribution in [3.05, 3.63) is 24.2 Å². The molecule has 2 rings (SSSR count). The Hall–Kier alpha value is -1.29. The molecule has 0 unspecified atom stereocenters. The summed E-state index contributed by atoms with van der Waals surface area (Å²) < 4.78 is 10.8. The van der Waals surface area contributed by atoms with Crippen molar-refractivity contribution in [3.8, 4) is 0 Å². The Labute approximate surface area is 108 Å². The van der Waals surface area contributed by atoms with E-state index in [1.54, 1.807) is 6.26 Å². The third-order valence-electron chi connectivity index (χ3n) is 3.21. The zero-order chi connectivity index (χ0) is 12.8. The van der Waals surface area contributed by atoms with Gasteiger partial charge in [0.25, 0.3) is 0 Å². The monoisotopic (exact) mass is 251 g/mol. The summed E-state index contributed by atoms with van der Waals surface area (Å²) in [5, 5.41) is 2.99. The number of carbonyl (C=O) groups excluding carboxylic acids is 1. The van der Waals surface area contributed by atoms with Crippen molar-refractivity contribution in [1.29, 1.82) is 0 Å². The van der Waals surface area contributed by atoms with Crippen LogP contribution in [0, 0.1) is 0 Å². The third-order valence-corrected chi connectivity index (χ3v) is 3.21. The van der Waals surface area contributed by atoms with Gasteiger partial charge in [-0.15, -0.1) is 0 Å². The van der Waals surface area contributed by atoms with E-state index >= 15 is 0 Å². The van der Waals surface area contributed by atoms with Gasteiger partial charge in [0.2, 0.25) is 5.91 Å². The van der Waals surface area contributed by atoms with Gasteiger partial charge in [0.15, 0.2) is 0 Å². The number of rotatable bonds is 6. The third kappa shape index (κ3) is 4.18. The van der Waals surface area contributed by atoms with E-state index in [1.807, 2.05) is 19.1 Å². The first-order chi connectivity index (χ1) is 8.74. The summed E-state index contributed by atoms with van der Waals surface area (Å²) in [6.45, 7) is 2.84. The lowest BCUT2D eigenvalue weighted by Crippen LogP contribution is -2.34. The van der Waals surface area contributed by atoms with Crippen molar-refractivity contribution < 1.29 is 13.9 Å². The number of hydrogen-bond donors (Lipinski definition) is 1. The number of hydrogen-bond acceptors (Lipinski definition) is 3. The molecular formula is C14H21NO3. The standard InChI is InChI=1S/C14H21NO3/c1-11(10-13-5-3-9-18-13)15-14(16)7-6-12-4-2-8-17-12/h3,5,9,11-12H,2,4,6-8,10H2,1H3,(H,15,16)/t11-,12-/m1/s1. The van der Waals surface area contributed by atoms with E-state index in [0.29, 0.717) is 6.42 Å². The molecule has 1 aromatic heterocycles. The van der Waals surface area contributed by atoms with Gasteiger partial charge in [-0.3, -0.25) is 4.79 Å². The second-order valence-corrected chi connectivity index (χ2v) is 4.93. The van der Waals surface area contributed by atoms with Crippen molar-refractivity contribution in [2.75, 3.05) is 6.61 Å². The minimum absolute atomic E-state index is 0.101. The first-order valence-corrected chi connectivity index (χ1v) is 6.67. The Bertz CT molecular complexity index is 355. The fourth-order valence-electron chi connectivity index (χ4n) is 2.29. The van der Waals surface area contributed by atoms with Crippen molar-refractivity contribution in [2.24, 2.45) is 0 Å². The van der Waals surface area contributed by atoms with Gasteiger partial charge in [-0.2, -0.15) is 0 Å². The van der Waals surface area contributed by atoms with E-state index in [9.17, 15) is 4.79 Å². The van der Waals surface area contributed by atoms with Gasteiger partial charge >= 0.3 is 0 Å². The molecule has 0 aromatic carbocycles. The Balaban J connectivity index is 1.63. The van der Waals surface area contributed by atoms with Crippen molar-refractivity contribution in [3.63, 3.8) is 0 Å². The molecule has 100 valence electrons. The van der Waals surface area contributed by atoms with Gasteiger partial charge in [-0.25, -0.2) is 0 Å². The second kappa shape index (κ2) is 6.59. The Morgan fingerprint density at radius 1 is 1.61 bits per heavy atom. The molecule has 2 heterocycles. The minimum Gasteiger partial charge on any atom is -0.469 e. The molecule has 0 saturated carbocycles. The molecule has 1 N–H and O–H groups in total. The summed E-state index contributed by atoms with van der Waals surface area (Å²) in [6, 6.07) is 3.89. The van der Waals surface area contributed by atoms with Gasteiger partial charge in [-0.1, -0.05) is 0 Å². The van der Waals surface area contributed by atoms with Crippen LogP contribution in [-0.4, -0.2) is 24.7 Å². The highest BCUT2D eigenvalue weighted by atomic mass is 16.5. The van der Waals surface area contributed by atoms with Gasteiger partial charge in [0.05, 0.1) is 12.4 Å². The molecule has 0 spiro atoms. The predicted molar refractivity (Wildman–Crippen MR) is 68.2 cm³/mol. The van der Waals surface area contributed by atoms with Crippen LogP contribution in [0.1, 0.15) is 38.4 Å². The van der Waals surface area contributed by atoms with E-state index in [4.69, 9.17) is 9.15 Å². The second-order valence-electron chi connectivity index (χ2n) is 4.93. The molecule has 2 atom stereocenters. The summed E-state index contributed by atoms with van der Waals surface area (Å²) in [5.41, 5.74) is 0. The Kier molecular flexibility index (Phi) is 4.81. The van der Waals surface area contributed by atoms with Crippen LogP contribution in [0.4, 0.5) is 0 Å². The van der Waals surface area contributed by atoms with Gasteiger partial charge < -0.3 is 14.5 Å². The molecule has 1 aliphatic heterocycles. The normalized spacial score (nSPS) is 20.8. The molecule has 4 nitrogen and oxygen atoms in total. The largest absolute Gasteiger partial charge is 0.469 e. The lowest BCUT2D eigenvalue weighted by molar-refractivity contribution is -0.122.